The van der Waals surface area contributed by atoms with Crippen molar-refractivity contribution in [3.63, 3.8) is 0 Å². The number of nitrogens with one attached hydrogen (secondary N) is 1. The van der Waals surface area contributed by atoms with Crippen molar-refractivity contribution in [1.29, 1.82) is 0 Å². The number of aryl methyl sites for hydroxylation is 1. The lowest BCUT2D eigenvalue weighted by molar-refractivity contribution is -0.136. The van der Waals surface area contributed by atoms with Crippen molar-refractivity contribution in [3.05, 3.63) is 70.5 Å². The summed E-state index contributed by atoms with van der Waals surface area (Å²) in [5.74, 6) is -5.44. The van der Waals surface area contributed by atoms with E-state index in [1.165, 1.54) is 0 Å². The highest BCUT2D eigenvalue weighted by Crippen LogP contribution is 2.33. The van der Waals surface area contributed by atoms with Crippen LogP contribution in [-0.2, 0) is 16.0 Å². The van der Waals surface area contributed by atoms with Crippen LogP contribution in [0.25, 0.3) is 5.57 Å². The van der Waals surface area contributed by atoms with Gasteiger partial charge in [-0.15, -0.1) is 0 Å². The number of benzene rings is 2. The van der Waals surface area contributed by atoms with Crippen LogP contribution in [0.3, 0.4) is 0 Å². The third-order valence-corrected chi connectivity index (χ3v) is 6.50. The normalized spacial score (nSPS) is 20.3. The number of halogens is 3. The summed E-state index contributed by atoms with van der Waals surface area (Å²) in [4.78, 5) is 26.2. The lowest BCUT2D eigenvalue weighted by atomic mass is 9.83. The number of carbonyl (C=O) groups is 2. The SMILES string of the molecule is C[C@H](N)C(=O)N1C[C@H]2CC(c3ccc(CCCOc4c(F)ccc(F)c4F)cc3)=C(C(=O)O)[C@@H](C1)N2. The van der Waals surface area contributed by atoms with Gasteiger partial charge in [0.15, 0.2) is 17.4 Å². The molecule has 1 saturated heterocycles. The van der Waals surface area contributed by atoms with Crippen LogP contribution in [0.15, 0.2) is 42.0 Å². The molecule has 0 aromatic heterocycles. The van der Waals surface area contributed by atoms with Gasteiger partial charge in [-0.25, -0.2) is 13.6 Å². The van der Waals surface area contributed by atoms with E-state index < -0.39 is 41.3 Å². The average molecular weight is 504 g/mol. The second-order valence-corrected chi connectivity index (χ2v) is 9.17. The zero-order chi connectivity index (χ0) is 26.0. The molecule has 3 atom stereocenters. The summed E-state index contributed by atoms with van der Waals surface area (Å²) < 4.78 is 45.7. The molecule has 7 nitrogen and oxygen atoms in total. The summed E-state index contributed by atoms with van der Waals surface area (Å²) >= 11 is 0. The quantitative estimate of drug-likeness (QED) is 0.378. The molecule has 1 fully saturated rings. The van der Waals surface area contributed by atoms with Crippen LogP contribution < -0.4 is 15.8 Å². The van der Waals surface area contributed by atoms with Gasteiger partial charge in [0.05, 0.1) is 24.3 Å². The Morgan fingerprint density at radius 1 is 1.14 bits per heavy atom. The van der Waals surface area contributed by atoms with E-state index in [0.29, 0.717) is 31.9 Å². The van der Waals surface area contributed by atoms with Crippen molar-refractivity contribution in [3.8, 4) is 5.75 Å². The third kappa shape index (κ3) is 5.39. The van der Waals surface area contributed by atoms with E-state index in [2.05, 4.69) is 5.32 Å². The second kappa shape index (κ2) is 10.7. The summed E-state index contributed by atoms with van der Waals surface area (Å²) in [5.41, 5.74) is 8.44. The Morgan fingerprint density at radius 2 is 1.83 bits per heavy atom. The number of hydrogen-bond donors (Lipinski definition) is 3. The molecule has 2 heterocycles. The number of carbonyl (C=O) groups excluding carboxylic acids is 1. The fraction of sp³-hybridized carbons (Fsp3) is 0.385. The number of hydrogen-bond acceptors (Lipinski definition) is 5. The number of carboxylic acid groups (broad SMARTS) is 1. The highest BCUT2D eigenvalue weighted by molar-refractivity contribution is 5.99. The van der Waals surface area contributed by atoms with E-state index in [4.69, 9.17) is 10.5 Å². The fourth-order valence-corrected chi connectivity index (χ4v) is 4.80. The largest absolute Gasteiger partial charge is 0.488 e. The van der Waals surface area contributed by atoms with Gasteiger partial charge in [-0.1, -0.05) is 24.3 Å². The minimum atomic E-state index is -1.35. The number of amides is 1. The van der Waals surface area contributed by atoms with Gasteiger partial charge < -0.3 is 25.8 Å². The van der Waals surface area contributed by atoms with Gasteiger partial charge in [-0.05, 0) is 55.0 Å². The number of nitrogens with zero attached hydrogens (tertiary/aromatic N) is 1. The minimum absolute atomic E-state index is 0.000966. The minimum Gasteiger partial charge on any atom is -0.488 e. The van der Waals surface area contributed by atoms with E-state index in [9.17, 15) is 27.9 Å². The van der Waals surface area contributed by atoms with Gasteiger partial charge in [-0.3, -0.25) is 4.79 Å². The predicted octanol–water partition coefficient (Wildman–Crippen LogP) is 2.87. The summed E-state index contributed by atoms with van der Waals surface area (Å²) in [6.45, 7) is 2.31. The van der Waals surface area contributed by atoms with E-state index >= 15 is 0 Å². The van der Waals surface area contributed by atoms with Crippen LogP contribution >= 0.6 is 0 Å². The highest BCUT2D eigenvalue weighted by Gasteiger charge is 2.40. The highest BCUT2D eigenvalue weighted by atomic mass is 19.2. The monoisotopic (exact) mass is 503 g/mol. The zero-order valence-corrected chi connectivity index (χ0v) is 19.8. The number of piperazine rings is 1. The molecule has 36 heavy (non-hydrogen) atoms. The van der Waals surface area contributed by atoms with Crippen LogP contribution in [0.2, 0.25) is 0 Å². The predicted molar refractivity (Wildman–Crippen MR) is 127 cm³/mol. The van der Waals surface area contributed by atoms with Gasteiger partial charge in [0.1, 0.15) is 0 Å². The third-order valence-electron chi connectivity index (χ3n) is 6.50. The molecule has 2 bridgehead atoms. The van der Waals surface area contributed by atoms with E-state index in [1.54, 1.807) is 11.8 Å². The number of fused-ring (bicyclic) bond motifs is 2. The maximum absolute atomic E-state index is 13.7. The number of rotatable bonds is 8. The molecule has 2 aromatic rings. The summed E-state index contributed by atoms with van der Waals surface area (Å²) in [6.07, 6.45) is 1.44. The Balaban J connectivity index is 1.42. The van der Waals surface area contributed by atoms with Crippen LogP contribution in [-0.4, -0.2) is 59.7 Å². The molecule has 2 aliphatic heterocycles. The lowest BCUT2D eigenvalue weighted by Gasteiger charge is -2.44. The molecule has 0 aliphatic carbocycles. The molecule has 10 heteroatoms. The van der Waals surface area contributed by atoms with Crippen molar-refractivity contribution < 1.29 is 32.6 Å². The first kappa shape index (κ1) is 25.7. The molecule has 1 amide bonds. The molecule has 4 N–H and O–H groups in total. The molecule has 0 spiro atoms. The Kier molecular flexibility index (Phi) is 7.65. The van der Waals surface area contributed by atoms with E-state index in [-0.39, 0.29) is 30.7 Å². The first-order chi connectivity index (χ1) is 17.2. The Morgan fingerprint density at radius 3 is 2.50 bits per heavy atom. The van der Waals surface area contributed by atoms with Crippen LogP contribution in [0.4, 0.5) is 13.2 Å². The maximum atomic E-state index is 13.7. The summed E-state index contributed by atoms with van der Waals surface area (Å²) in [6, 6.07) is 7.75. The van der Waals surface area contributed by atoms with Crippen LogP contribution in [0.5, 0.6) is 5.75 Å². The van der Waals surface area contributed by atoms with Gasteiger partial charge in [0.2, 0.25) is 11.7 Å². The van der Waals surface area contributed by atoms with Crippen molar-refractivity contribution in [2.45, 2.75) is 44.3 Å². The van der Waals surface area contributed by atoms with Gasteiger partial charge in [0, 0.05) is 19.1 Å². The summed E-state index contributed by atoms with van der Waals surface area (Å²) in [5, 5.41) is 13.3. The standard InChI is InChI=1S/C26H28F3N3O4/c1-14(30)25(33)32-12-17-11-18(22(26(34)35)21(13-32)31-17)16-6-4-15(5-7-16)3-2-10-36-24-20(28)9-8-19(27)23(24)29/h4-9,14,17,21,31H,2-3,10-13,30H2,1H3,(H,34,35)/t14-,17+,21+/m0/s1. The molecule has 2 aromatic carbocycles. The van der Waals surface area contributed by atoms with Crippen LogP contribution in [0, 0.1) is 17.5 Å². The lowest BCUT2D eigenvalue weighted by Crippen LogP contribution is -2.62. The Labute approximate surface area is 206 Å². The van der Waals surface area contributed by atoms with Crippen molar-refractivity contribution in [1.82, 2.24) is 10.2 Å². The molecular formula is C26H28F3N3O4. The second-order valence-electron chi connectivity index (χ2n) is 9.17. The number of aliphatic carboxylic acids is 1. The zero-order valence-electron chi connectivity index (χ0n) is 19.8. The van der Waals surface area contributed by atoms with Crippen molar-refractivity contribution >= 4 is 17.4 Å². The topological polar surface area (TPSA) is 105 Å². The molecule has 0 unspecified atom stereocenters. The molecule has 0 saturated carbocycles. The molecule has 4 rings (SSSR count). The molecule has 0 radical (unpaired) electrons. The smallest absolute Gasteiger partial charge is 0.333 e. The van der Waals surface area contributed by atoms with E-state index in [1.807, 2.05) is 24.3 Å². The van der Waals surface area contributed by atoms with Crippen LogP contribution in [0.1, 0.15) is 30.9 Å². The summed E-state index contributed by atoms with van der Waals surface area (Å²) in [7, 11) is 0. The van der Waals surface area contributed by atoms with Gasteiger partial charge >= 0.3 is 5.97 Å². The van der Waals surface area contributed by atoms with Gasteiger partial charge in [0.25, 0.3) is 0 Å². The first-order valence-electron chi connectivity index (χ1n) is 11.8. The maximum Gasteiger partial charge on any atom is 0.333 e. The van der Waals surface area contributed by atoms with Gasteiger partial charge in [-0.2, -0.15) is 4.39 Å². The fourth-order valence-electron chi connectivity index (χ4n) is 4.80. The Bertz CT molecular complexity index is 1180. The molecule has 2 aliphatic rings. The number of carboxylic acids is 1. The van der Waals surface area contributed by atoms with E-state index in [0.717, 1.165) is 22.8 Å². The first-order valence-corrected chi connectivity index (χ1v) is 11.8. The Hall–Kier alpha value is -3.37. The van der Waals surface area contributed by atoms with Crippen molar-refractivity contribution in [2.75, 3.05) is 19.7 Å². The van der Waals surface area contributed by atoms with Crippen molar-refractivity contribution in [2.24, 2.45) is 5.73 Å². The number of nitrogens with two attached hydrogens (primary N) is 1. The average Bonchev–Trinajstić information content (AvgIpc) is 2.85. The molecule has 192 valence electrons. The number of ether oxygens (including phenoxy) is 1. The molecular weight excluding hydrogens is 475 g/mol.